The molecule has 0 saturated carbocycles. The van der Waals surface area contributed by atoms with Gasteiger partial charge in [-0.1, -0.05) is 32.4 Å². The molecular formula is C13H14ClNO5. The molecule has 1 aromatic carbocycles. The van der Waals surface area contributed by atoms with Crippen LogP contribution in [0.15, 0.2) is 18.2 Å². The standard InChI is InChI=1S/C13H14ClNO5/c1-7(2)8(3)12(16)20-13(17)9-4-5-10(14)11(6-9)15(18)19/h4-8H,1-3H3. The van der Waals surface area contributed by atoms with E-state index < -0.39 is 28.5 Å². The highest BCUT2D eigenvalue weighted by Gasteiger charge is 2.23. The number of nitro benzene ring substituents is 1. The van der Waals surface area contributed by atoms with E-state index >= 15 is 0 Å². The molecule has 1 aromatic rings. The SMILES string of the molecule is CC(C)C(C)C(=O)OC(=O)c1ccc(Cl)c([N+](=O)[O-])c1. The number of ether oxygens (including phenoxy) is 1. The molecular weight excluding hydrogens is 286 g/mol. The smallest absolute Gasteiger partial charge is 0.346 e. The third-order valence-electron chi connectivity index (χ3n) is 2.94. The molecule has 0 aliphatic carbocycles. The van der Waals surface area contributed by atoms with Gasteiger partial charge in [0.25, 0.3) is 5.69 Å². The van der Waals surface area contributed by atoms with Crippen LogP contribution in [-0.2, 0) is 9.53 Å². The summed E-state index contributed by atoms with van der Waals surface area (Å²) in [7, 11) is 0. The number of hydrogen-bond donors (Lipinski definition) is 0. The van der Waals surface area contributed by atoms with E-state index in [9.17, 15) is 19.7 Å². The maximum Gasteiger partial charge on any atom is 0.346 e. The van der Waals surface area contributed by atoms with Crippen molar-refractivity contribution in [1.82, 2.24) is 0 Å². The lowest BCUT2D eigenvalue weighted by molar-refractivity contribution is -0.384. The summed E-state index contributed by atoms with van der Waals surface area (Å²) in [5.41, 5.74) is -0.504. The summed E-state index contributed by atoms with van der Waals surface area (Å²) in [6.45, 7) is 5.29. The Kier molecular flexibility index (Phi) is 5.21. The van der Waals surface area contributed by atoms with E-state index in [4.69, 9.17) is 16.3 Å². The second-order valence-corrected chi connectivity index (χ2v) is 5.07. The highest BCUT2D eigenvalue weighted by atomic mass is 35.5. The van der Waals surface area contributed by atoms with Crippen molar-refractivity contribution in [1.29, 1.82) is 0 Å². The first-order valence-electron chi connectivity index (χ1n) is 5.94. The van der Waals surface area contributed by atoms with Gasteiger partial charge in [-0.15, -0.1) is 0 Å². The van der Waals surface area contributed by atoms with Gasteiger partial charge in [0, 0.05) is 6.07 Å². The number of hydrogen-bond acceptors (Lipinski definition) is 5. The lowest BCUT2D eigenvalue weighted by Crippen LogP contribution is -2.23. The number of nitro groups is 1. The molecule has 20 heavy (non-hydrogen) atoms. The molecule has 0 bridgehead atoms. The molecule has 7 heteroatoms. The number of benzene rings is 1. The normalized spacial score (nSPS) is 12.1. The first-order valence-corrected chi connectivity index (χ1v) is 6.31. The van der Waals surface area contributed by atoms with Crippen molar-refractivity contribution in [2.24, 2.45) is 11.8 Å². The van der Waals surface area contributed by atoms with Crippen LogP contribution in [0.1, 0.15) is 31.1 Å². The zero-order valence-corrected chi connectivity index (χ0v) is 12.0. The summed E-state index contributed by atoms with van der Waals surface area (Å²) in [6.07, 6.45) is 0. The van der Waals surface area contributed by atoms with Crippen molar-refractivity contribution in [3.8, 4) is 0 Å². The average Bonchev–Trinajstić information content (AvgIpc) is 2.37. The molecule has 0 aliphatic rings. The lowest BCUT2D eigenvalue weighted by atomic mass is 9.99. The third-order valence-corrected chi connectivity index (χ3v) is 3.26. The largest absolute Gasteiger partial charge is 0.389 e. The van der Waals surface area contributed by atoms with Gasteiger partial charge in [0.1, 0.15) is 5.02 Å². The molecule has 1 rings (SSSR count). The minimum Gasteiger partial charge on any atom is -0.389 e. The van der Waals surface area contributed by atoms with Crippen molar-refractivity contribution < 1.29 is 19.2 Å². The monoisotopic (exact) mass is 299 g/mol. The van der Waals surface area contributed by atoms with Gasteiger partial charge in [-0.2, -0.15) is 0 Å². The van der Waals surface area contributed by atoms with E-state index in [0.717, 1.165) is 6.07 Å². The van der Waals surface area contributed by atoms with Gasteiger partial charge in [0.15, 0.2) is 0 Å². The van der Waals surface area contributed by atoms with Crippen molar-refractivity contribution in [2.75, 3.05) is 0 Å². The van der Waals surface area contributed by atoms with E-state index in [2.05, 4.69) is 0 Å². The Labute approximate surface area is 120 Å². The first-order chi connectivity index (χ1) is 9.23. The molecule has 108 valence electrons. The summed E-state index contributed by atoms with van der Waals surface area (Å²) in [5, 5.41) is 10.6. The van der Waals surface area contributed by atoms with Crippen LogP contribution in [0.4, 0.5) is 5.69 Å². The predicted molar refractivity (Wildman–Crippen MR) is 72.5 cm³/mol. The van der Waals surface area contributed by atoms with Gasteiger partial charge >= 0.3 is 11.9 Å². The Morgan fingerprint density at radius 3 is 2.40 bits per heavy atom. The maximum atomic E-state index is 11.8. The second kappa shape index (κ2) is 6.47. The molecule has 0 N–H and O–H groups in total. The van der Waals surface area contributed by atoms with Crippen LogP contribution < -0.4 is 0 Å². The molecule has 0 radical (unpaired) electrons. The van der Waals surface area contributed by atoms with Crippen LogP contribution in [0.25, 0.3) is 0 Å². The molecule has 6 nitrogen and oxygen atoms in total. The number of rotatable bonds is 4. The van der Waals surface area contributed by atoms with Gasteiger partial charge in [-0.05, 0) is 18.1 Å². The third kappa shape index (κ3) is 3.77. The summed E-state index contributed by atoms with van der Waals surface area (Å²) < 4.78 is 4.69. The minimum atomic E-state index is -0.928. The number of esters is 2. The fourth-order valence-corrected chi connectivity index (χ4v) is 1.48. The van der Waals surface area contributed by atoms with Crippen LogP contribution >= 0.6 is 11.6 Å². The molecule has 0 spiro atoms. The number of carbonyl (C=O) groups excluding carboxylic acids is 2. The van der Waals surface area contributed by atoms with E-state index in [0.29, 0.717) is 0 Å². The van der Waals surface area contributed by atoms with Crippen molar-refractivity contribution in [2.45, 2.75) is 20.8 Å². The lowest BCUT2D eigenvalue weighted by Gasteiger charge is -2.13. The predicted octanol–water partition coefficient (Wildman–Crippen LogP) is 3.22. The average molecular weight is 300 g/mol. The Hall–Kier alpha value is -1.95. The van der Waals surface area contributed by atoms with Crippen LogP contribution in [-0.4, -0.2) is 16.9 Å². The van der Waals surface area contributed by atoms with E-state index in [1.54, 1.807) is 6.92 Å². The van der Waals surface area contributed by atoms with Crippen molar-refractivity contribution in [3.05, 3.63) is 38.9 Å². The molecule has 0 amide bonds. The zero-order valence-electron chi connectivity index (χ0n) is 11.3. The van der Waals surface area contributed by atoms with Crippen LogP contribution in [0.3, 0.4) is 0 Å². The van der Waals surface area contributed by atoms with Crippen LogP contribution in [0, 0.1) is 22.0 Å². The Morgan fingerprint density at radius 2 is 1.90 bits per heavy atom. The van der Waals surface area contributed by atoms with Crippen LogP contribution in [0.5, 0.6) is 0 Å². The first kappa shape index (κ1) is 16.1. The minimum absolute atomic E-state index is 0.0230. The summed E-state index contributed by atoms with van der Waals surface area (Å²) in [4.78, 5) is 33.4. The van der Waals surface area contributed by atoms with E-state index in [-0.39, 0.29) is 16.5 Å². The molecule has 0 aliphatic heterocycles. The van der Waals surface area contributed by atoms with Crippen molar-refractivity contribution >= 4 is 29.2 Å². The fraction of sp³-hybridized carbons (Fsp3) is 0.385. The quantitative estimate of drug-likeness (QED) is 0.369. The zero-order chi connectivity index (χ0) is 15.4. The van der Waals surface area contributed by atoms with Gasteiger partial charge in [-0.3, -0.25) is 14.9 Å². The molecule has 0 aromatic heterocycles. The molecule has 0 saturated heterocycles. The number of carbonyl (C=O) groups is 2. The van der Waals surface area contributed by atoms with Gasteiger partial charge < -0.3 is 4.74 Å². The Bertz CT molecular complexity index is 556. The Morgan fingerprint density at radius 1 is 1.30 bits per heavy atom. The van der Waals surface area contributed by atoms with Crippen molar-refractivity contribution in [3.63, 3.8) is 0 Å². The summed E-state index contributed by atoms with van der Waals surface area (Å²) >= 11 is 5.63. The summed E-state index contributed by atoms with van der Waals surface area (Å²) in [5.74, 6) is -2.01. The highest BCUT2D eigenvalue weighted by molar-refractivity contribution is 6.32. The van der Waals surface area contributed by atoms with Crippen LogP contribution in [0.2, 0.25) is 5.02 Å². The topological polar surface area (TPSA) is 86.5 Å². The number of halogens is 1. The van der Waals surface area contributed by atoms with Gasteiger partial charge in [0.2, 0.25) is 0 Å². The molecule has 0 heterocycles. The fourth-order valence-electron chi connectivity index (χ4n) is 1.29. The van der Waals surface area contributed by atoms with Gasteiger partial charge in [-0.25, -0.2) is 4.79 Å². The second-order valence-electron chi connectivity index (χ2n) is 4.66. The van der Waals surface area contributed by atoms with E-state index in [1.807, 2.05) is 13.8 Å². The Balaban J connectivity index is 2.91. The number of nitrogens with zero attached hydrogens (tertiary/aromatic N) is 1. The molecule has 1 atom stereocenters. The molecule has 1 unspecified atom stereocenters. The molecule has 0 fully saturated rings. The highest BCUT2D eigenvalue weighted by Crippen LogP contribution is 2.25. The van der Waals surface area contributed by atoms with E-state index in [1.165, 1.54) is 12.1 Å². The maximum absolute atomic E-state index is 11.8. The van der Waals surface area contributed by atoms with Gasteiger partial charge in [0.05, 0.1) is 16.4 Å². The summed E-state index contributed by atoms with van der Waals surface area (Å²) in [6, 6.07) is 3.47.